The van der Waals surface area contributed by atoms with Gasteiger partial charge in [0.1, 0.15) is 0 Å². The van der Waals surface area contributed by atoms with E-state index in [1.54, 1.807) is 3.58 Å². The maximum atomic E-state index is 4.47. The average molecular weight is 409 g/mol. The third-order valence-corrected chi connectivity index (χ3v) is 20.3. The van der Waals surface area contributed by atoms with Crippen molar-refractivity contribution in [3.63, 3.8) is 0 Å². The zero-order valence-electron chi connectivity index (χ0n) is 15.1. The number of pyridine rings is 1. The molecule has 124 valence electrons. The zero-order valence-corrected chi connectivity index (χ0v) is 17.9. The molecule has 0 radical (unpaired) electrons. The Bertz CT molecular complexity index is 421. The molecule has 1 aromatic heterocycles. The van der Waals surface area contributed by atoms with Crippen molar-refractivity contribution in [3.8, 4) is 0 Å². The predicted octanol–water partition coefficient (Wildman–Crippen LogP) is 5.19. The van der Waals surface area contributed by atoms with E-state index in [4.69, 9.17) is 0 Å². The van der Waals surface area contributed by atoms with Crippen LogP contribution in [-0.2, 0) is 0 Å². The molecule has 0 bridgehead atoms. The van der Waals surface area contributed by atoms with Gasteiger partial charge in [0.25, 0.3) is 0 Å². The molecule has 0 unspecified atom stereocenters. The topological polar surface area (TPSA) is 25.2 Å². The van der Waals surface area contributed by atoms with Crippen molar-refractivity contribution < 1.29 is 0 Å². The van der Waals surface area contributed by atoms with Crippen molar-refractivity contribution in [1.29, 1.82) is 0 Å². The van der Waals surface area contributed by atoms with Crippen molar-refractivity contribution in [1.82, 2.24) is 4.98 Å². The molecule has 0 aliphatic carbocycles. The number of aliphatic imine (C=N–C) groups is 1. The van der Waals surface area contributed by atoms with Crippen LogP contribution < -0.4 is 3.58 Å². The molecule has 0 amide bonds. The first-order valence-corrected chi connectivity index (χ1v) is 16.6. The van der Waals surface area contributed by atoms with Gasteiger partial charge in [-0.25, -0.2) is 0 Å². The first kappa shape index (κ1) is 19.7. The fourth-order valence-corrected chi connectivity index (χ4v) is 19.3. The van der Waals surface area contributed by atoms with E-state index in [1.807, 2.05) is 19.5 Å². The minimum atomic E-state index is -2.28. The molecule has 0 aromatic carbocycles. The number of unbranched alkanes of at least 4 members (excludes halogenated alkanes) is 3. The molecular weight excluding hydrogens is 375 g/mol. The molecule has 0 atom stereocenters. The monoisotopic (exact) mass is 410 g/mol. The first-order valence-electron chi connectivity index (χ1n) is 9.11. The molecule has 22 heavy (non-hydrogen) atoms. The quantitative estimate of drug-likeness (QED) is 0.365. The summed E-state index contributed by atoms with van der Waals surface area (Å²) in [5, 5.41) is 0. The van der Waals surface area contributed by atoms with Gasteiger partial charge in [-0.1, -0.05) is 0 Å². The van der Waals surface area contributed by atoms with Gasteiger partial charge in [0.2, 0.25) is 0 Å². The summed E-state index contributed by atoms with van der Waals surface area (Å²) in [5.41, 5.74) is 1.05. The molecule has 0 saturated heterocycles. The second-order valence-electron chi connectivity index (χ2n) is 6.45. The zero-order chi connectivity index (χ0) is 16.3. The standard InChI is InChI=1S/C7H7N2.3C4H9.Sn/c1-8-6-7-4-2-3-5-9-7;3*1-3-4-2;/h3-6H,1H3;3*1,3-4H2,2H3;. The molecule has 0 saturated carbocycles. The molecule has 0 N–H and O–H groups in total. The van der Waals surface area contributed by atoms with Crippen LogP contribution in [0.2, 0.25) is 13.3 Å². The molecule has 0 spiro atoms. The van der Waals surface area contributed by atoms with Crippen LogP contribution in [0.15, 0.2) is 23.3 Å². The molecule has 1 heterocycles. The first-order chi connectivity index (χ1) is 10.7. The SMILES string of the molecule is CCC[CH2][Sn]([CH2]CCC)([CH2]CCC)[c]1ccnc(C=NC)c1. The molecule has 0 aliphatic rings. The van der Waals surface area contributed by atoms with Crippen molar-refractivity contribution in [2.75, 3.05) is 7.05 Å². The van der Waals surface area contributed by atoms with Crippen molar-refractivity contribution >= 4 is 28.2 Å². The summed E-state index contributed by atoms with van der Waals surface area (Å²) in [6, 6.07) is 4.70. The molecule has 1 rings (SSSR count). The summed E-state index contributed by atoms with van der Waals surface area (Å²) in [4.78, 5) is 8.62. The Labute approximate surface area is 141 Å². The Morgan fingerprint density at radius 1 is 1.00 bits per heavy atom. The van der Waals surface area contributed by atoms with Crippen LogP contribution in [0.1, 0.15) is 65.0 Å². The summed E-state index contributed by atoms with van der Waals surface area (Å²) in [6.07, 6.45) is 12.1. The summed E-state index contributed by atoms with van der Waals surface area (Å²) < 4.78 is 6.22. The normalized spacial score (nSPS) is 12.2. The summed E-state index contributed by atoms with van der Waals surface area (Å²) >= 11 is -2.28. The van der Waals surface area contributed by atoms with Gasteiger partial charge in [-0.15, -0.1) is 0 Å². The fourth-order valence-electron chi connectivity index (χ4n) is 3.33. The van der Waals surface area contributed by atoms with E-state index < -0.39 is 18.4 Å². The number of aromatic nitrogens is 1. The third-order valence-electron chi connectivity index (χ3n) is 4.68. The third kappa shape index (κ3) is 6.02. The van der Waals surface area contributed by atoms with E-state index in [2.05, 4.69) is 42.9 Å². The van der Waals surface area contributed by atoms with Crippen LogP contribution in [0.4, 0.5) is 0 Å². The van der Waals surface area contributed by atoms with Crippen LogP contribution in [0.3, 0.4) is 0 Å². The molecule has 0 fully saturated rings. The molecule has 3 heteroatoms. The Balaban J connectivity index is 3.15. The average Bonchev–Trinajstić information content (AvgIpc) is 2.55. The van der Waals surface area contributed by atoms with Gasteiger partial charge in [-0.2, -0.15) is 0 Å². The number of hydrogen-bond acceptors (Lipinski definition) is 2. The molecule has 0 aliphatic heterocycles. The molecule has 2 nitrogen and oxygen atoms in total. The number of hydrogen-bond donors (Lipinski definition) is 0. The van der Waals surface area contributed by atoms with Crippen LogP contribution in [-0.4, -0.2) is 36.6 Å². The number of rotatable bonds is 11. The van der Waals surface area contributed by atoms with Gasteiger partial charge < -0.3 is 0 Å². The predicted molar refractivity (Wildman–Crippen MR) is 102 cm³/mol. The van der Waals surface area contributed by atoms with E-state index >= 15 is 0 Å². The summed E-state index contributed by atoms with van der Waals surface area (Å²) in [7, 11) is 1.83. The van der Waals surface area contributed by atoms with Crippen LogP contribution in [0.5, 0.6) is 0 Å². The van der Waals surface area contributed by atoms with Gasteiger partial charge in [0.15, 0.2) is 0 Å². The van der Waals surface area contributed by atoms with Crippen molar-refractivity contribution in [2.24, 2.45) is 4.99 Å². The summed E-state index contributed by atoms with van der Waals surface area (Å²) in [5.74, 6) is 0. The van der Waals surface area contributed by atoms with Gasteiger partial charge in [-0.3, -0.25) is 0 Å². The van der Waals surface area contributed by atoms with E-state index in [0.717, 1.165) is 5.69 Å². The fraction of sp³-hybridized carbons (Fsp3) is 0.684. The summed E-state index contributed by atoms with van der Waals surface area (Å²) in [6.45, 7) is 6.99. The van der Waals surface area contributed by atoms with Crippen molar-refractivity contribution in [2.45, 2.75) is 72.6 Å². The van der Waals surface area contributed by atoms with Crippen LogP contribution in [0.25, 0.3) is 0 Å². The van der Waals surface area contributed by atoms with Gasteiger partial charge >= 0.3 is 142 Å². The minimum absolute atomic E-state index is 1.05. The Morgan fingerprint density at radius 3 is 2.00 bits per heavy atom. The number of nitrogens with zero attached hydrogens (tertiary/aromatic N) is 2. The van der Waals surface area contributed by atoms with Crippen LogP contribution in [0, 0.1) is 0 Å². The molecular formula is C19H34N2Sn. The second-order valence-corrected chi connectivity index (χ2v) is 19.7. The van der Waals surface area contributed by atoms with E-state index in [1.165, 1.54) is 51.8 Å². The van der Waals surface area contributed by atoms with Gasteiger partial charge in [0.05, 0.1) is 0 Å². The van der Waals surface area contributed by atoms with Crippen LogP contribution >= 0.6 is 0 Å². The molecule has 1 aromatic rings. The Morgan fingerprint density at radius 2 is 1.55 bits per heavy atom. The van der Waals surface area contributed by atoms with Gasteiger partial charge in [0, 0.05) is 0 Å². The van der Waals surface area contributed by atoms with Crippen molar-refractivity contribution in [3.05, 3.63) is 24.0 Å². The van der Waals surface area contributed by atoms with E-state index in [9.17, 15) is 0 Å². The van der Waals surface area contributed by atoms with Gasteiger partial charge in [-0.05, 0) is 0 Å². The Hall–Kier alpha value is -0.381. The van der Waals surface area contributed by atoms with E-state index in [-0.39, 0.29) is 0 Å². The maximum absolute atomic E-state index is 4.47. The Kier molecular flexibility index (Phi) is 10.0. The van der Waals surface area contributed by atoms with E-state index in [0.29, 0.717) is 0 Å². The second kappa shape index (κ2) is 11.2.